The molecule has 0 saturated heterocycles. The molecule has 0 aliphatic heterocycles. The lowest BCUT2D eigenvalue weighted by Gasteiger charge is -2.05. The van der Waals surface area contributed by atoms with Crippen molar-refractivity contribution < 1.29 is 14.3 Å². The highest BCUT2D eigenvalue weighted by molar-refractivity contribution is 5.92. The Bertz CT molecular complexity index is 1270. The molecule has 0 fully saturated rings. The van der Waals surface area contributed by atoms with Crippen molar-refractivity contribution in [2.45, 2.75) is 0 Å². The summed E-state index contributed by atoms with van der Waals surface area (Å²) in [6.07, 6.45) is 3.46. The maximum Gasteiger partial charge on any atom is 0.336 e. The Kier molecular flexibility index (Phi) is 5.36. The molecule has 0 saturated carbocycles. The molecular weight excluding hydrogens is 377 g/mol. The molecule has 1 N–H and O–H groups in total. The van der Waals surface area contributed by atoms with Crippen molar-refractivity contribution in [2.24, 2.45) is 0 Å². The number of nitrogens with zero attached hydrogens (tertiary/aromatic N) is 1. The van der Waals surface area contributed by atoms with Crippen molar-refractivity contribution in [2.75, 3.05) is 0 Å². The van der Waals surface area contributed by atoms with Gasteiger partial charge in [-0.05, 0) is 70.8 Å². The molecule has 4 heteroatoms. The van der Waals surface area contributed by atoms with Crippen LogP contribution in [-0.4, -0.2) is 16.1 Å². The van der Waals surface area contributed by atoms with Crippen LogP contribution in [0.1, 0.15) is 21.5 Å². The highest BCUT2D eigenvalue weighted by Gasteiger charge is 2.10. The molecule has 144 valence electrons. The maximum atomic E-state index is 13.2. The first-order valence-electron chi connectivity index (χ1n) is 9.26. The summed E-state index contributed by atoms with van der Waals surface area (Å²) < 4.78 is 13.2. The van der Waals surface area contributed by atoms with Gasteiger partial charge in [0.2, 0.25) is 0 Å². The summed E-state index contributed by atoms with van der Waals surface area (Å²) in [7, 11) is 0. The number of aromatic carboxylic acids is 1. The fourth-order valence-electron chi connectivity index (χ4n) is 3.12. The van der Waals surface area contributed by atoms with E-state index in [0.29, 0.717) is 5.56 Å². The van der Waals surface area contributed by atoms with Crippen LogP contribution in [0.4, 0.5) is 4.39 Å². The summed E-state index contributed by atoms with van der Waals surface area (Å²) in [5.41, 5.74) is 4.89. The van der Waals surface area contributed by atoms with Gasteiger partial charge in [-0.2, -0.15) is 0 Å². The molecule has 1 heterocycles. The van der Waals surface area contributed by atoms with E-state index in [-0.39, 0.29) is 11.4 Å². The Labute approximate surface area is 173 Å². The van der Waals surface area contributed by atoms with E-state index in [1.807, 2.05) is 36.4 Å². The van der Waals surface area contributed by atoms with E-state index in [1.165, 1.54) is 18.2 Å². The van der Waals surface area contributed by atoms with E-state index in [9.17, 15) is 14.3 Å². The average molecular weight is 393 g/mol. The molecule has 0 aliphatic carbocycles. The fourth-order valence-corrected chi connectivity index (χ4v) is 3.12. The molecule has 0 amide bonds. The predicted molar refractivity (Wildman–Crippen MR) is 114 cm³/mol. The standard InChI is InChI=1S/C26H16FNO2/c27-24-9-6-19(7-10-24)22-8-11-25(26(29)30)23(17-22)5-4-18-2-1-3-21(16-18)20-12-14-28-15-13-20/h1-3,6-17H,(H,29,30). The Morgan fingerprint density at radius 2 is 1.43 bits per heavy atom. The molecule has 0 bridgehead atoms. The molecule has 3 nitrogen and oxygen atoms in total. The predicted octanol–water partition coefficient (Wildman–Crippen LogP) is 5.65. The number of carboxylic acid groups (broad SMARTS) is 1. The second kappa shape index (κ2) is 8.42. The minimum atomic E-state index is -1.05. The van der Waals surface area contributed by atoms with Crippen molar-refractivity contribution in [1.29, 1.82) is 0 Å². The summed E-state index contributed by atoms with van der Waals surface area (Å²) in [4.78, 5) is 15.7. The number of rotatable bonds is 3. The number of hydrogen-bond donors (Lipinski definition) is 1. The molecular formula is C26H16FNO2. The maximum absolute atomic E-state index is 13.2. The monoisotopic (exact) mass is 393 g/mol. The summed E-state index contributed by atoms with van der Waals surface area (Å²) in [5.74, 6) is 4.69. The van der Waals surface area contributed by atoms with E-state index in [0.717, 1.165) is 27.8 Å². The zero-order chi connectivity index (χ0) is 20.9. The van der Waals surface area contributed by atoms with E-state index in [1.54, 1.807) is 36.7 Å². The van der Waals surface area contributed by atoms with Crippen LogP contribution in [0.5, 0.6) is 0 Å². The first kappa shape index (κ1) is 19.1. The van der Waals surface area contributed by atoms with Crippen LogP contribution in [-0.2, 0) is 0 Å². The third-order valence-electron chi connectivity index (χ3n) is 4.65. The number of carboxylic acids is 1. The number of halogens is 1. The SMILES string of the molecule is O=C(O)c1ccc(-c2ccc(F)cc2)cc1C#Cc1cccc(-c2ccncc2)c1. The molecule has 3 aromatic carbocycles. The number of aromatic nitrogens is 1. The Morgan fingerprint density at radius 3 is 2.17 bits per heavy atom. The van der Waals surface area contributed by atoms with Gasteiger partial charge in [0.15, 0.2) is 0 Å². The van der Waals surface area contributed by atoms with Gasteiger partial charge in [-0.3, -0.25) is 4.98 Å². The van der Waals surface area contributed by atoms with E-state index < -0.39 is 5.97 Å². The first-order chi connectivity index (χ1) is 14.6. The molecule has 0 radical (unpaired) electrons. The number of benzene rings is 3. The van der Waals surface area contributed by atoms with Crippen LogP contribution in [0.3, 0.4) is 0 Å². The third kappa shape index (κ3) is 4.26. The van der Waals surface area contributed by atoms with Gasteiger partial charge in [-0.25, -0.2) is 9.18 Å². The second-order valence-electron chi connectivity index (χ2n) is 6.64. The molecule has 0 atom stereocenters. The van der Waals surface area contributed by atoms with Crippen LogP contribution in [0.2, 0.25) is 0 Å². The first-order valence-corrected chi connectivity index (χ1v) is 9.26. The van der Waals surface area contributed by atoms with Crippen molar-refractivity contribution in [3.63, 3.8) is 0 Å². The van der Waals surface area contributed by atoms with Crippen LogP contribution in [0.15, 0.2) is 91.3 Å². The van der Waals surface area contributed by atoms with E-state index in [2.05, 4.69) is 16.8 Å². The largest absolute Gasteiger partial charge is 0.478 e. The minimum Gasteiger partial charge on any atom is -0.478 e. The van der Waals surface area contributed by atoms with Crippen LogP contribution < -0.4 is 0 Å². The fraction of sp³-hybridized carbons (Fsp3) is 0. The molecule has 0 aliphatic rings. The third-order valence-corrected chi connectivity index (χ3v) is 4.65. The quantitative estimate of drug-likeness (QED) is 0.458. The Hall–Kier alpha value is -4.23. The smallest absolute Gasteiger partial charge is 0.336 e. The van der Waals surface area contributed by atoms with Crippen LogP contribution in [0, 0.1) is 17.7 Å². The molecule has 4 rings (SSSR count). The highest BCUT2D eigenvalue weighted by Crippen LogP contribution is 2.23. The Balaban J connectivity index is 1.73. The molecule has 1 aromatic heterocycles. The second-order valence-corrected chi connectivity index (χ2v) is 6.64. The zero-order valence-corrected chi connectivity index (χ0v) is 15.8. The summed E-state index contributed by atoms with van der Waals surface area (Å²) in [6, 6.07) is 22.6. The van der Waals surface area contributed by atoms with Gasteiger partial charge in [0.1, 0.15) is 5.82 Å². The summed E-state index contributed by atoms with van der Waals surface area (Å²) >= 11 is 0. The normalized spacial score (nSPS) is 10.2. The minimum absolute atomic E-state index is 0.124. The van der Waals surface area contributed by atoms with E-state index in [4.69, 9.17) is 0 Å². The van der Waals surface area contributed by atoms with Gasteiger partial charge in [-0.15, -0.1) is 0 Å². The summed E-state index contributed by atoms with van der Waals surface area (Å²) in [6.45, 7) is 0. The topological polar surface area (TPSA) is 50.2 Å². The summed E-state index contributed by atoms with van der Waals surface area (Å²) in [5, 5.41) is 9.53. The number of hydrogen-bond acceptors (Lipinski definition) is 2. The van der Waals surface area contributed by atoms with Crippen LogP contribution in [0.25, 0.3) is 22.3 Å². The highest BCUT2D eigenvalue weighted by atomic mass is 19.1. The van der Waals surface area contributed by atoms with Crippen molar-refractivity contribution in [3.8, 4) is 34.1 Å². The zero-order valence-electron chi connectivity index (χ0n) is 15.8. The lowest BCUT2D eigenvalue weighted by Crippen LogP contribution is -2.00. The van der Waals surface area contributed by atoms with Crippen LogP contribution >= 0.6 is 0 Å². The van der Waals surface area contributed by atoms with Gasteiger partial charge >= 0.3 is 5.97 Å². The van der Waals surface area contributed by atoms with Gasteiger partial charge in [0.05, 0.1) is 5.56 Å². The van der Waals surface area contributed by atoms with Gasteiger partial charge in [0, 0.05) is 23.5 Å². The van der Waals surface area contributed by atoms with Crippen molar-refractivity contribution in [1.82, 2.24) is 4.98 Å². The molecule has 30 heavy (non-hydrogen) atoms. The molecule has 4 aromatic rings. The van der Waals surface area contributed by atoms with E-state index >= 15 is 0 Å². The van der Waals surface area contributed by atoms with Gasteiger partial charge in [0.25, 0.3) is 0 Å². The van der Waals surface area contributed by atoms with Gasteiger partial charge in [-0.1, -0.05) is 42.2 Å². The Morgan fingerprint density at radius 1 is 0.767 bits per heavy atom. The number of pyridine rings is 1. The average Bonchev–Trinajstić information content (AvgIpc) is 2.79. The number of carbonyl (C=O) groups is 1. The van der Waals surface area contributed by atoms with Crippen molar-refractivity contribution in [3.05, 3.63) is 114 Å². The lowest BCUT2D eigenvalue weighted by atomic mass is 9.98. The molecule has 0 spiro atoms. The lowest BCUT2D eigenvalue weighted by molar-refractivity contribution is 0.0696. The van der Waals surface area contributed by atoms with Crippen molar-refractivity contribution >= 4 is 5.97 Å². The molecule has 0 unspecified atom stereocenters. The van der Waals surface area contributed by atoms with Gasteiger partial charge < -0.3 is 5.11 Å².